The first-order chi connectivity index (χ1) is 16.1. The molecule has 1 aromatic carbocycles. The zero-order chi connectivity index (χ0) is 24.6. The lowest BCUT2D eigenvalue weighted by Gasteiger charge is -2.38. The first kappa shape index (κ1) is 23.9. The van der Waals surface area contributed by atoms with Gasteiger partial charge in [0.15, 0.2) is 5.01 Å². The van der Waals surface area contributed by atoms with E-state index in [4.69, 9.17) is 5.73 Å². The molecule has 1 aliphatic rings. The maximum Gasteiger partial charge on any atom is 0.443 e. The molecule has 3 heterocycles. The van der Waals surface area contributed by atoms with Crippen LogP contribution in [0.15, 0.2) is 30.5 Å². The summed E-state index contributed by atoms with van der Waals surface area (Å²) in [5, 5.41) is 1.68. The van der Waals surface area contributed by atoms with Gasteiger partial charge in [-0.05, 0) is 54.5 Å². The Morgan fingerprint density at radius 2 is 2.03 bits per heavy atom. The van der Waals surface area contributed by atoms with Gasteiger partial charge in [0.2, 0.25) is 0 Å². The molecular weight excluding hydrogens is 467 g/mol. The minimum atomic E-state index is -4.52. The third-order valence-corrected chi connectivity index (χ3v) is 7.03. The average Bonchev–Trinajstić information content (AvgIpc) is 3.24. The Balaban J connectivity index is 1.59. The number of nitrogens with one attached hydrogen (secondary N) is 1. The fourth-order valence-corrected chi connectivity index (χ4v) is 5.00. The van der Waals surface area contributed by atoms with Crippen LogP contribution in [0.3, 0.4) is 0 Å². The number of amides is 2. The van der Waals surface area contributed by atoms with Gasteiger partial charge >= 0.3 is 18.0 Å². The number of benzene rings is 1. The van der Waals surface area contributed by atoms with Crippen molar-refractivity contribution >= 4 is 44.9 Å². The second-order valence-electron chi connectivity index (χ2n) is 8.48. The SMILES string of the molecule is CCc1cc(NC(=O)C(=O)N2C[C@@H](C)CCC2c2ccc3sc(C(F)(F)F)nc3c2)cnc1N. The molecule has 0 bridgehead atoms. The molecule has 2 atom stereocenters. The molecule has 1 aliphatic heterocycles. The van der Waals surface area contributed by atoms with Crippen LogP contribution in [0.1, 0.15) is 48.9 Å². The van der Waals surface area contributed by atoms with E-state index >= 15 is 0 Å². The fraction of sp³-hybridized carbons (Fsp3) is 0.391. The quantitative estimate of drug-likeness (QED) is 0.513. The van der Waals surface area contributed by atoms with Gasteiger partial charge in [-0.25, -0.2) is 9.97 Å². The van der Waals surface area contributed by atoms with Crippen molar-refractivity contribution in [1.82, 2.24) is 14.9 Å². The van der Waals surface area contributed by atoms with E-state index in [9.17, 15) is 22.8 Å². The molecule has 34 heavy (non-hydrogen) atoms. The Kier molecular flexibility index (Phi) is 6.48. The summed E-state index contributed by atoms with van der Waals surface area (Å²) in [4.78, 5) is 35.2. The Hall–Kier alpha value is -3.21. The molecule has 1 fully saturated rings. The first-order valence-electron chi connectivity index (χ1n) is 10.9. The van der Waals surface area contributed by atoms with Crippen molar-refractivity contribution in [2.24, 2.45) is 5.92 Å². The lowest BCUT2D eigenvalue weighted by atomic mass is 9.89. The number of carbonyl (C=O) groups is 2. The van der Waals surface area contributed by atoms with Crippen LogP contribution in [0.2, 0.25) is 0 Å². The van der Waals surface area contributed by atoms with E-state index in [1.807, 2.05) is 13.8 Å². The van der Waals surface area contributed by atoms with Gasteiger partial charge in [0.05, 0.1) is 28.1 Å². The Bertz CT molecular complexity index is 1240. The molecule has 4 rings (SSSR count). The number of piperidine rings is 1. The van der Waals surface area contributed by atoms with Crippen LogP contribution in [-0.2, 0) is 22.2 Å². The number of thiazole rings is 1. The van der Waals surface area contributed by atoms with Crippen molar-refractivity contribution in [2.75, 3.05) is 17.6 Å². The summed E-state index contributed by atoms with van der Waals surface area (Å²) >= 11 is 0.582. The molecule has 0 aliphatic carbocycles. The minimum Gasteiger partial charge on any atom is -0.383 e. The van der Waals surface area contributed by atoms with E-state index in [0.717, 1.165) is 12.0 Å². The highest BCUT2D eigenvalue weighted by molar-refractivity contribution is 7.18. The van der Waals surface area contributed by atoms with E-state index < -0.39 is 29.0 Å². The highest BCUT2D eigenvalue weighted by Crippen LogP contribution is 2.38. The van der Waals surface area contributed by atoms with E-state index in [0.29, 0.717) is 52.5 Å². The maximum absolute atomic E-state index is 13.2. The molecule has 1 saturated heterocycles. The van der Waals surface area contributed by atoms with Crippen molar-refractivity contribution < 1.29 is 22.8 Å². The van der Waals surface area contributed by atoms with Crippen molar-refractivity contribution in [3.05, 3.63) is 46.6 Å². The van der Waals surface area contributed by atoms with Gasteiger partial charge in [-0.3, -0.25) is 9.59 Å². The molecule has 2 amide bonds. The van der Waals surface area contributed by atoms with Crippen LogP contribution in [-0.4, -0.2) is 33.2 Å². The zero-order valence-corrected chi connectivity index (χ0v) is 19.5. The number of nitrogens with two attached hydrogens (primary N) is 1. The number of alkyl halides is 3. The maximum atomic E-state index is 13.2. The first-order valence-corrected chi connectivity index (χ1v) is 11.7. The number of fused-ring (bicyclic) bond motifs is 1. The van der Waals surface area contributed by atoms with Gasteiger partial charge in [-0.2, -0.15) is 13.2 Å². The summed E-state index contributed by atoms with van der Waals surface area (Å²) in [6, 6.07) is 6.11. The molecule has 3 N–H and O–H groups in total. The molecule has 180 valence electrons. The monoisotopic (exact) mass is 491 g/mol. The number of nitrogens with zero attached hydrogens (tertiary/aromatic N) is 3. The largest absolute Gasteiger partial charge is 0.443 e. The van der Waals surface area contributed by atoms with Gasteiger partial charge in [0.25, 0.3) is 0 Å². The van der Waals surface area contributed by atoms with E-state index in [1.54, 1.807) is 24.3 Å². The molecule has 0 spiro atoms. The molecule has 2 aromatic heterocycles. The number of pyridine rings is 1. The van der Waals surface area contributed by atoms with Crippen molar-refractivity contribution in [3.8, 4) is 0 Å². The summed E-state index contributed by atoms with van der Waals surface area (Å²) in [5.41, 5.74) is 7.81. The third kappa shape index (κ3) is 4.84. The van der Waals surface area contributed by atoms with Gasteiger partial charge in [-0.15, -0.1) is 11.3 Å². The van der Waals surface area contributed by atoms with Crippen LogP contribution in [0.25, 0.3) is 10.2 Å². The number of rotatable bonds is 3. The summed E-state index contributed by atoms with van der Waals surface area (Å²) in [6.07, 6.45) is -1.09. The topological polar surface area (TPSA) is 101 Å². The standard InChI is InChI=1S/C23H24F3N5O2S/c1-3-13-8-15(10-28-19(13)27)29-20(32)21(33)31-11-12(2)4-6-17(31)14-5-7-18-16(9-14)30-22(34-18)23(24,25)26/h5,7-10,12,17H,3-4,6,11H2,1-2H3,(H2,27,28)(H,29,32)/t12-,17?/m0/s1. The average molecular weight is 492 g/mol. The lowest BCUT2D eigenvalue weighted by Crippen LogP contribution is -2.46. The van der Waals surface area contributed by atoms with Crippen LogP contribution in [0, 0.1) is 5.92 Å². The zero-order valence-electron chi connectivity index (χ0n) is 18.6. The highest BCUT2D eigenvalue weighted by Gasteiger charge is 2.36. The second-order valence-corrected chi connectivity index (χ2v) is 9.51. The molecular formula is C23H24F3N5O2S. The number of halogens is 3. The number of carbonyl (C=O) groups excluding carboxylic acids is 2. The van der Waals surface area contributed by atoms with Crippen LogP contribution >= 0.6 is 11.3 Å². The number of hydrogen-bond donors (Lipinski definition) is 2. The van der Waals surface area contributed by atoms with Crippen molar-refractivity contribution in [1.29, 1.82) is 0 Å². The summed E-state index contributed by atoms with van der Waals surface area (Å²) < 4.78 is 39.6. The number of hydrogen-bond acceptors (Lipinski definition) is 6. The van der Waals surface area contributed by atoms with E-state index in [1.165, 1.54) is 11.1 Å². The number of likely N-dealkylation sites (tertiary alicyclic amines) is 1. The molecule has 11 heteroatoms. The summed E-state index contributed by atoms with van der Waals surface area (Å²) in [6.45, 7) is 4.26. The molecule has 0 saturated carbocycles. The van der Waals surface area contributed by atoms with Crippen molar-refractivity contribution in [3.63, 3.8) is 0 Å². The Labute approximate surface area is 198 Å². The van der Waals surface area contributed by atoms with Gasteiger partial charge < -0.3 is 16.0 Å². The van der Waals surface area contributed by atoms with Gasteiger partial charge in [0, 0.05) is 6.54 Å². The lowest BCUT2D eigenvalue weighted by molar-refractivity contribution is -0.146. The summed E-state index contributed by atoms with van der Waals surface area (Å²) in [7, 11) is 0. The summed E-state index contributed by atoms with van der Waals surface area (Å²) in [5.74, 6) is -0.969. The number of nitrogen functional groups attached to an aromatic ring is 1. The normalized spacial score (nSPS) is 18.8. The molecule has 0 radical (unpaired) electrons. The predicted octanol–water partition coefficient (Wildman–Crippen LogP) is 4.79. The minimum absolute atomic E-state index is 0.178. The van der Waals surface area contributed by atoms with Crippen molar-refractivity contribution in [2.45, 2.75) is 45.3 Å². The number of anilines is 2. The molecule has 1 unspecified atom stereocenters. The highest BCUT2D eigenvalue weighted by atomic mass is 32.1. The van der Waals surface area contributed by atoms with Crippen LogP contribution < -0.4 is 11.1 Å². The van der Waals surface area contributed by atoms with Gasteiger partial charge in [0.1, 0.15) is 5.82 Å². The molecule has 7 nitrogen and oxygen atoms in total. The Morgan fingerprint density at radius 1 is 1.26 bits per heavy atom. The van der Waals surface area contributed by atoms with Crippen LogP contribution in [0.5, 0.6) is 0 Å². The number of aryl methyl sites for hydroxylation is 1. The van der Waals surface area contributed by atoms with Crippen LogP contribution in [0.4, 0.5) is 24.7 Å². The van der Waals surface area contributed by atoms with E-state index in [2.05, 4.69) is 15.3 Å². The van der Waals surface area contributed by atoms with E-state index in [-0.39, 0.29) is 11.4 Å². The molecule has 3 aromatic rings. The fourth-order valence-electron chi connectivity index (χ4n) is 4.18. The third-order valence-electron chi connectivity index (χ3n) is 5.95. The predicted molar refractivity (Wildman–Crippen MR) is 124 cm³/mol. The number of aromatic nitrogens is 2. The Morgan fingerprint density at radius 3 is 2.74 bits per heavy atom. The second kappa shape index (κ2) is 9.21. The van der Waals surface area contributed by atoms with Gasteiger partial charge in [-0.1, -0.05) is 19.9 Å². The smallest absolute Gasteiger partial charge is 0.383 e.